The number of carbonyl (C=O) groups is 2. The lowest BCUT2D eigenvalue weighted by Crippen LogP contribution is -2.47. The number of H-pyrrole nitrogens is 1. The second-order valence-corrected chi connectivity index (χ2v) is 6.13. The van der Waals surface area contributed by atoms with Crippen LogP contribution < -0.4 is 10.6 Å². The standard InChI is InChI=1S/C14H16N4O2S/c1-8-17-12(7-21-8)9-4-11(15-5-9)14(20)18-10-2-3-13(19)16-6-10/h4-5,7,10,15H,2-3,6H2,1H3,(H,16,19)(H,18,20). The third-order valence-electron chi connectivity index (χ3n) is 3.44. The predicted molar refractivity (Wildman–Crippen MR) is 80.1 cm³/mol. The Balaban J connectivity index is 1.65. The Labute approximate surface area is 126 Å². The van der Waals surface area contributed by atoms with Gasteiger partial charge in [0.25, 0.3) is 5.91 Å². The van der Waals surface area contributed by atoms with Gasteiger partial charge in [0.2, 0.25) is 5.91 Å². The minimum Gasteiger partial charge on any atom is -0.357 e. The minimum absolute atomic E-state index is 0.0107. The van der Waals surface area contributed by atoms with Gasteiger partial charge in [-0.2, -0.15) is 0 Å². The second-order valence-electron chi connectivity index (χ2n) is 5.07. The van der Waals surface area contributed by atoms with Crippen LogP contribution in [0.5, 0.6) is 0 Å². The molecule has 3 N–H and O–H groups in total. The molecule has 0 aliphatic carbocycles. The molecule has 1 aliphatic rings. The van der Waals surface area contributed by atoms with E-state index in [1.165, 1.54) is 0 Å². The Hall–Kier alpha value is -2.15. The Morgan fingerprint density at radius 1 is 1.52 bits per heavy atom. The highest BCUT2D eigenvalue weighted by Crippen LogP contribution is 2.22. The summed E-state index contributed by atoms with van der Waals surface area (Å²) in [5, 5.41) is 8.64. The van der Waals surface area contributed by atoms with E-state index < -0.39 is 0 Å². The highest BCUT2D eigenvalue weighted by molar-refractivity contribution is 7.09. The van der Waals surface area contributed by atoms with Crippen LogP contribution in [-0.4, -0.2) is 34.4 Å². The minimum atomic E-state index is -0.158. The topological polar surface area (TPSA) is 86.9 Å². The summed E-state index contributed by atoms with van der Waals surface area (Å²) in [6, 6.07) is 1.79. The maximum atomic E-state index is 12.2. The molecule has 1 unspecified atom stereocenters. The molecular formula is C14H16N4O2S. The number of amides is 2. The largest absolute Gasteiger partial charge is 0.357 e. The summed E-state index contributed by atoms with van der Waals surface area (Å²) in [4.78, 5) is 30.6. The number of carbonyl (C=O) groups excluding carboxylic acids is 2. The van der Waals surface area contributed by atoms with Crippen molar-refractivity contribution in [2.45, 2.75) is 25.8 Å². The lowest BCUT2D eigenvalue weighted by atomic mass is 10.1. The lowest BCUT2D eigenvalue weighted by molar-refractivity contribution is -0.122. The average Bonchev–Trinajstić information content (AvgIpc) is 3.10. The predicted octanol–water partition coefficient (Wildman–Crippen LogP) is 1.46. The van der Waals surface area contributed by atoms with Gasteiger partial charge in [-0.25, -0.2) is 4.98 Å². The molecule has 0 aromatic carbocycles. The second kappa shape index (κ2) is 5.69. The quantitative estimate of drug-likeness (QED) is 0.802. The Morgan fingerprint density at radius 3 is 3.05 bits per heavy atom. The fourth-order valence-corrected chi connectivity index (χ4v) is 2.91. The molecule has 2 amide bonds. The number of nitrogens with one attached hydrogen (secondary N) is 3. The summed E-state index contributed by atoms with van der Waals surface area (Å²) < 4.78 is 0. The zero-order chi connectivity index (χ0) is 14.8. The zero-order valence-electron chi connectivity index (χ0n) is 11.6. The van der Waals surface area contributed by atoms with E-state index in [2.05, 4.69) is 20.6 Å². The van der Waals surface area contributed by atoms with Crippen molar-refractivity contribution in [3.05, 3.63) is 28.3 Å². The summed E-state index contributed by atoms with van der Waals surface area (Å²) >= 11 is 1.58. The smallest absolute Gasteiger partial charge is 0.267 e. The summed E-state index contributed by atoms with van der Waals surface area (Å²) in [7, 11) is 0. The van der Waals surface area contributed by atoms with Crippen LogP contribution in [0.4, 0.5) is 0 Å². The van der Waals surface area contributed by atoms with Crippen molar-refractivity contribution in [2.24, 2.45) is 0 Å². The SMILES string of the molecule is Cc1nc(-c2c[nH]c(C(=O)NC3CCC(=O)NC3)c2)cs1. The maximum Gasteiger partial charge on any atom is 0.267 e. The van der Waals surface area contributed by atoms with Crippen LogP contribution in [-0.2, 0) is 4.79 Å². The normalized spacial score (nSPS) is 18.3. The molecule has 1 aliphatic heterocycles. The van der Waals surface area contributed by atoms with Gasteiger partial charge in [0.15, 0.2) is 0 Å². The van der Waals surface area contributed by atoms with Crippen LogP contribution in [0.25, 0.3) is 11.3 Å². The number of thiazole rings is 1. The number of hydrogen-bond acceptors (Lipinski definition) is 4. The van der Waals surface area contributed by atoms with Crippen molar-refractivity contribution in [3.8, 4) is 11.3 Å². The zero-order valence-corrected chi connectivity index (χ0v) is 12.4. The molecule has 0 saturated carbocycles. The van der Waals surface area contributed by atoms with Gasteiger partial charge in [0, 0.05) is 36.1 Å². The number of rotatable bonds is 3. The molecule has 2 aromatic rings. The van der Waals surface area contributed by atoms with Crippen LogP contribution in [0.3, 0.4) is 0 Å². The number of piperidine rings is 1. The van der Waals surface area contributed by atoms with Gasteiger partial charge in [0.1, 0.15) is 5.69 Å². The molecule has 1 atom stereocenters. The fraction of sp³-hybridized carbons (Fsp3) is 0.357. The van der Waals surface area contributed by atoms with Gasteiger partial charge in [0.05, 0.1) is 10.7 Å². The van der Waals surface area contributed by atoms with Gasteiger partial charge < -0.3 is 15.6 Å². The summed E-state index contributed by atoms with van der Waals surface area (Å²) in [6.07, 6.45) is 2.92. The first-order chi connectivity index (χ1) is 10.1. The molecule has 0 radical (unpaired) electrons. The van der Waals surface area contributed by atoms with Crippen LogP contribution in [0, 0.1) is 6.92 Å². The van der Waals surface area contributed by atoms with Crippen molar-refractivity contribution in [3.63, 3.8) is 0 Å². The first kappa shape index (κ1) is 13.8. The van der Waals surface area contributed by atoms with Crippen molar-refractivity contribution in [2.75, 3.05) is 6.54 Å². The summed E-state index contributed by atoms with van der Waals surface area (Å²) in [5.41, 5.74) is 2.28. The molecule has 21 heavy (non-hydrogen) atoms. The van der Waals surface area contributed by atoms with E-state index in [1.54, 1.807) is 23.6 Å². The highest BCUT2D eigenvalue weighted by Gasteiger charge is 2.21. The lowest BCUT2D eigenvalue weighted by Gasteiger charge is -2.23. The van der Waals surface area contributed by atoms with Crippen LogP contribution in [0.1, 0.15) is 28.3 Å². The van der Waals surface area contributed by atoms with Crippen LogP contribution in [0.15, 0.2) is 17.6 Å². The Kier molecular flexibility index (Phi) is 3.74. The molecule has 7 heteroatoms. The van der Waals surface area contributed by atoms with E-state index in [-0.39, 0.29) is 17.9 Å². The van der Waals surface area contributed by atoms with E-state index in [4.69, 9.17) is 0 Å². The van der Waals surface area contributed by atoms with E-state index >= 15 is 0 Å². The molecule has 3 rings (SSSR count). The van der Waals surface area contributed by atoms with Crippen molar-refractivity contribution in [1.82, 2.24) is 20.6 Å². The molecule has 0 spiro atoms. The van der Waals surface area contributed by atoms with Crippen molar-refractivity contribution in [1.29, 1.82) is 0 Å². The van der Waals surface area contributed by atoms with Crippen molar-refractivity contribution < 1.29 is 9.59 Å². The molecule has 1 saturated heterocycles. The van der Waals surface area contributed by atoms with Gasteiger partial charge in [-0.05, 0) is 19.4 Å². The van der Waals surface area contributed by atoms with Crippen molar-refractivity contribution >= 4 is 23.2 Å². The Bertz CT molecular complexity index is 666. The van der Waals surface area contributed by atoms with Gasteiger partial charge >= 0.3 is 0 Å². The third kappa shape index (κ3) is 3.13. The molecule has 3 heterocycles. The highest BCUT2D eigenvalue weighted by atomic mass is 32.1. The van der Waals surface area contributed by atoms with Gasteiger partial charge in [-0.1, -0.05) is 0 Å². The summed E-state index contributed by atoms with van der Waals surface area (Å²) in [5.74, 6) is -0.115. The molecule has 110 valence electrons. The number of aromatic amines is 1. The number of nitrogens with zero attached hydrogens (tertiary/aromatic N) is 1. The Morgan fingerprint density at radius 2 is 2.38 bits per heavy atom. The summed E-state index contributed by atoms with van der Waals surface area (Å²) in [6.45, 7) is 2.44. The fourth-order valence-electron chi connectivity index (χ4n) is 2.29. The third-order valence-corrected chi connectivity index (χ3v) is 4.22. The number of aryl methyl sites for hydroxylation is 1. The molecule has 2 aromatic heterocycles. The van der Waals surface area contributed by atoms with E-state index in [1.807, 2.05) is 12.3 Å². The monoisotopic (exact) mass is 304 g/mol. The van der Waals surface area contributed by atoms with E-state index in [9.17, 15) is 9.59 Å². The number of aromatic nitrogens is 2. The van der Waals surface area contributed by atoms with Gasteiger partial charge in [-0.3, -0.25) is 9.59 Å². The first-order valence-corrected chi connectivity index (χ1v) is 7.68. The average molecular weight is 304 g/mol. The molecule has 6 nitrogen and oxygen atoms in total. The van der Waals surface area contributed by atoms with Crippen LogP contribution >= 0.6 is 11.3 Å². The van der Waals surface area contributed by atoms with E-state index in [0.717, 1.165) is 16.3 Å². The maximum absolute atomic E-state index is 12.2. The van der Waals surface area contributed by atoms with E-state index in [0.29, 0.717) is 25.1 Å². The molecule has 0 bridgehead atoms. The van der Waals surface area contributed by atoms with Gasteiger partial charge in [-0.15, -0.1) is 11.3 Å². The molecular weight excluding hydrogens is 288 g/mol. The molecule has 1 fully saturated rings. The number of hydrogen-bond donors (Lipinski definition) is 3. The van der Waals surface area contributed by atoms with Crippen LogP contribution in [0.2, 0.25) is 0 Å². The first-order valence-electron chi connectivity index (χ1n) is 6.80.